The Morgan fingerprint density at radius 3 is 2.23 bits per heavy atom. The number of benzene rings is 1. The van der Waals surface area contributed by atoms with Crippen LogP contribution in [0.1, 0.15) is 62.0 Å². The van der Waals surface area contributed by atoms with Crippen LogP contribution in [-0.2, 0) is 0 Å². The Morgan fingerprint density at radius 1 is 1.00 bits per heavy atom. The average molecular weight is 314 g/mol. The second-order valence-corrected chi connectivity index (χ2v) is 6.31. The fraction of sp³-hybridized carbons (Fsp3) is 0.647. The number of alkyl halides is 3. The average Bonchev–Trinajstić information content (AvgIpc) is 2.89. The van der Waals surface area contributed by atoms with Crippen LogP contribution < -0.4 is 9.47 Å². The van der Waals surface area contributed by atoms with E-state index >= 15 is 0 Å². The summed E-state index contributed by atoms with van der Waals surface area (Å²) in [5.74, 6) is 0.415. The Hall–Kier alpha value is -1.39. The molecule has 0 aromatic heterocycles. The molecule has 2 aliphatic carbocycles. The topological polar surface area (TPSA) is 18.5 Å². The standard InChI is InChI=1S/C17H21F3O2/c1-11-14(12-5-2-3-6-12)9-10-15(21-13-7-4-8-13)16(11)22-17(18,19)20/h9-10,12-13H,2-8H2,1H3. The first-order valence-corrected chi connectivity index (χ1v) is 8.00. The zero-order chi connectivity index (χ0) is 15.7. The molecule has 0 amide bonds. The van der Waals surface area contributed by atoms with Crippen molar-refractivity contribution in [3.63, 3.8) is 0 Å². The van der Waals surface area contributed by atoms with Crippen LogP contribution >= 0.6 is 0 Å². The van der Waals surface area contributed by atoms with Crippen molar-refractivity contribution in [1.29, 1.82) is 0 Å². The molecule has 5 heteroatoms. The third kappa shape index (κ3) is 3.33. The summed E-state index contributed by atoms with van der Waals surface area (Å²) in [6, 6.07) is 3.57. The van der Waals surface area contributed by atoms with E-state index in [0.717, 1.165) is 50.5 Å². The molecule has 122 valence electrons. The molecule has 0 N–H and O–H groups in total. The van der Waals surface area contributed by atoms with Gasteiger partial charge in [-0.15, -0.1) is 13.2 Å². The predicted octanol–water partition coefficient (Wildman–Crippen LogP) is 5.48. The lowest BCUT2D eigenvalue weighted by atomic mass is 9.92. The zero-order valence-electron chi connectivity index (χ0n) is 12.7. The van der Waals surface area contributed by atoms with Crippen LogP contribution in [-0.4, -0.2) is 12.5 Å². The summed E-state index contributed by atoms with van der Waals surface area (Å²) in [7, 11) is 0. The third-order valence-corrected chi connectivity index (χ3v) is 4.77. The molecule has 0 bridgehead atoms. The fourth-order valence-corrected chi connectivity index (χ4v) is 3.36. The Labute approximate surface area is 128 Å². The lowest BCUT2D eigenvalue weighted by Gasteiger charge is -2.28. The molecule has 2 aliphatic rings. The highest BCUT2D eigenvalue weighted by Crippen LogP contribution is 2.44. The minimum absolute atomic E-state index is 0.0207. The zero-order valence-corrected chi connectivity index (χ0v) is 12.7. The Balaban J connectivity index is 1.92. The van der Waals surface area contributed by atoms with Crippen LogP contribution in [0.3, 0.4) is 0 Å². The molecule has 22 heavy (non-hydrogen) atoms. The van der Waals surface area contributed by atoms with Gasteiger partial charge < -0.3 is 9.47 Å². The van der Waals surface area contributed by atoms with E-state index in [1.807, 2.05) is 6.07 Å². The lowest BCUT2D eigenvalue weighted by molar-refractivity contribution is -0.275. The van der Waals surface area contributed by atoms with E-state index in [4.69, 9.17) is 4.74 Å². The van der Waals surface area contributed by atoms with Gasteiger partial charge in [0.2, 0.25) is 0 Å². The quantitative estimate of drug-likeness (QED) is 0.732. The fourth-order valence-electron chi connectivity index (χ4n) is 3.36. The van der Waals surface area contributed by atoms with Crippen molar-refractivity contribution in [2.24, 2.45) is 0 Å². The maximum atomic E-state index is 12.8. The molecule has 0 radical (unpaired) electrons. The van der Waals surface area contributed by atoms with Gasteiger partial charge in [0.25, 0.3) is 0 Å². The van der Waals surface area contributed by atoms with Crippen LogP contribution in [0.2, 0.25) is 0 Å². The molecule has 2 saturated carbocycles. The summed E-state index contributed by atoms with van der Waals surface area (Å²) in [5, 5.41) is 0. The van der Waals surface area contributed by atoms with E-state index in [2.05, 4.69) is 4.74 Å². The van der Waals surface area contributed by atoms with Crippen LogP contribution in [0.5, 0.6) is 11.5 Å². The summed E-state index contributed by atoms with van der Waals surface area (Å²) < 4.78 is 48.3. The summed E-state index contributed by atoms with van der Waals surface area (Å²) in [5.41, 5.74) is 1.54. The van der Waals surface area contributed by atoms with E-state index in [1.165, 1.54) is 0 Å². The van der Waals surface area contributed by atoms with E-state index in [0.29, 0.717) is 11.5 Å². The highest BCUT2D eigenvalue weighted by Gasteiger charge is 2.35. The van der Waals surface area contributed by atoms with Gasteiger partial charge in [0.15, 0.2) is 11.5 Å². The van der Waals surface area contributed by atoms with Gasteiger partial charge in [0.05, 0.1) is 6.10 Å². The molecule has 0 unspecified atom stereocenters. The third-order valence-electron chi connectivity index (χ3n) is 4.77. The lowest BCUT2D eigenvalue weighted by Crippen LogP contribution is -2.26. The summed E-state index contributed by atoms with van der Waals surface area (Å²) in [6.07, 6.45) is 2.54. The van der Waals surface area contributed by atoms with Gasteiger partial charge in [0.1, 0.15) is 0 Å². The largest absolute Gasteiger partial charge is 0.573 e. The molecule has 0 saturated heterocycles. The number of halogens is 3. The molecule has 1 aromatic rings. The Morgan fingerprint density at radius 2 is 1.68 bits per heavy atom. The van der Waals surface area contributed by atoms with E-state index in [-0.39, 0.29) is 17.6 Å². The second kappa shape index (κ2) is 6.01. The molecule has 0 atom stereocenters. The molecule has 0 aliphatic heterocycles. The number of rotatable bonds is 4. The van der Waals surface area contributed by atoms with Gasteiger partial charge in [-0.05, 0) is 62.1 Å². The Kier molecular flexibility index (Phi) is 4.24. The van der Waals surface area contributed by atoms with Crippen molar-refractivity contribution in [2.45, 2.75) is 70.3 Å². The maximum Gasteiger partial charge on any atom is 0.573 e. The second-order valence-electron chi connectivity index (χ2n) is 6.31. The van der Waals surface area contributed by atoms with Crippen molar-refractivity contribution < 1.29 is 22.6 Å². The first-order chi connectivity index (χ1) is 10.4. The van der Waals surface area contributed by atoms with E-state index in [9.17, 15) is 13.2 Å². The first-order valence-electron chi connectivity index (χ1n) is 8.00. The van der Waals surface area contributed by atoms with Gasteiger partial charge in [-0.25, -0.2) is 0 Å². The number of hydrogen-bond acceptors (Lipinski definition) is 2. The van der Waals surface area contributed by atoms with Crippen molar-refractivity contribution in [1.82, 2.24) is 0 Å². The van der Waals surface area contributed by atoms with Crippen molar-refractivity contribution in [2.75, 3.05) is 0 Å². The van der Waals surface area contributed by atoms with E-state index in [1.54, 1.807) is 13.0 Å². The summed E-state index contributed by atoms with van der Waals surface area (Å²) >= 11 is 0. The number of hydrogen-bond donors (Lipinski definition) is 0. The predicted molar refractivity (Wildman–Crippen MR) is 77.3 cm³/mol. The van der Waals surface area contributed by atoms with Crippen molar-refractivity contribution in [3.05, 3.63) is 23.3 Å². The highest BCUT2D eigenvalue weighted by atomic mass is 19.4. The molecule has 0 spiro atoms. The van der Waals surface area contributed by atoms with Gasteiger partial charge in [0, 0.05) is 0 Å². The van der Waals surface area contributed by atoms with Crippen LogP contribution in [0.4, 0.5) is 13.2 Å². The molecule has 1 aromatic carbocycles. The maximum absolute atomic E-state index is 12.8. The molecular formula is C17H21F3O2. The molecular weight excluding hydrogens is 293 g/mol. The summed E-state index contributed by atoms with van der Waals surface area (Å²) in [6.45, 7) is 1.71. The van der Waals surface area contributed by atoms with Gasteiger partial charge in [-0.3, -0.25) is 0 Å². The minimum Gasteiger partial charge on any atom is -0.487 e. The summed E-state index contributed by atoms with van der Waals surface area (Å²) in [4.78, 5) is 0. The smallest absolute Gasteiger partial charge is 0.487 e. The van der Waals surface area contributed by atoms with Crippen LogP contribution in [0, 0.1) is 6.92 Å². The molecule has 0 heterocycles. The normalized spacial score (nSPS) is 20.0. The first kappa shape index (κ1) is 15.5. The minimum atomic E-state index is -4.70. The van der Waals surface area contributed by atoms with Crippen LogP contribution in [0.15, 0.2) is 12.1 Å². The molecule has 3 rings (SSSR count). The Bertz CT molecular complexity index is 529. The monoisotopic (exact) mass is 314 g/mol. The number of ether oxygens (including phenoxy) is 2. The van der Waals surface area contributed by atoms with Gasteiger partial charge in [-0.1, -0.05) is 18.9 Å². The van der Waals surface area contributed by atoms with Gasteiger partial charge >= 0.3 is 6.36 Å². The van der Waals surface area contributed by atoms with Crippen molar-refractivity contribution in [3.8, 4) is 11.5 Å². The molecule has 2 nitrogen and oxygen atoms in total. The van der Waals surface area contributed by atoms with E-state index < -0.39 is 6.36 Å². The van der Waals surface area contributed by atoms with Gasteiger partial charge in [-0.2, -0.15) is 0 Å². The highest BCUT2D eigenvalue weighted by molar-refractivity contribution is 5.51. The van der Waals surface area contributed by atoms with Crippen molar-refractivity contribution >= 4 is 0 Å². The molecule has 2 fully saturated rings. The van der Waals surface area contributed by atoms with Crippen LogP contribution in [0.25, 0.3) is 0 Å². The SMILES string of the molecule is Cc1c(C2CCCC2)ccc(OC2CCC2)c1OC(F)(F)F.